The number of aryl methyl sites for hydroxylation is 1. The van der Waals surface area contributed by atoms with Crippen molar-refractivity contribution in [2.45, 2.75) is 13.3 Å². The van der Waals surface area contributed by atoms with Gasteiger partial charge in [0, 0.05) is 11.6 Å². The molecule has 5 heteroatoms. The maximum absolute atomic E-state index is 10.6. The van der Waals surface area contributed by atoms with Crippen LogP contribution in [-0.4, -0.2) is 11.5 Å². The molecule has 1 aromatic carbocycles. The first-order valence-corrected chi connectivity index (χ1v) is 4.09. The fourth-order valence-electron chi connectivity index (χ4n) is 1.17. The van der Waals surface area contributed by atoms with E-state index in [1.165, 1.54) is 0 Å². The van der Waals surface area contributed by atoms with Gasteiger partial charge in [0.25, 0.3) is 5.69 Å². The quantitative estimate of drug-likeness (QED) is 0.619. The molecule has 78 valence electrons. The van der Waals surface area contributed by atoms with Gasteiger partial charge in [-0.3, -0.25) is 10.1 Å². The van der Waals surface area contributed by atoms with E-state index in [1.807, 2.05) is 6.07 Å². The van der Waals surface area contributed by atoms with Crippen molar-refractivity contribution in [3.63, 3.8) is 0 Å². The second-order valence-electron chi connectivity index (χ2n) is 2.92. The van der Waals surface area contributed by atoms with Gasteiger partial charge in [-0.1, -0.05) is 12.1 Å². The van der Waals surface area contributed by atoms with Crippen LogP contribution in [0.3, 0.4) is 0 Å². The van der Waals surface area contributed by atoms with Crippen molar-refractivity contribution in [3.8, 4) is 0 Å². The monoisotopic (exact) mass is 216 g/mol. The summed E-state index contributed by atoms with van der Waals surface area (Å²) in [6.07, 6.45) is 0.682. The minimum atomic E-state index is -0.366. The third-order valence-corrected chi connectivity index (χ3v) is 1.90. The first-order chi connectivity index (χ1) is 6.15. The lowest BCUT2D eigenvalue weighted by molar-refractivity contribution is -0.385. The van der Waals surface area contributed by atoms with Crippen molar-refractivity contribution in [2.24, 2.45) is 5.73 Å². The van der Waals surface area contributed by atoms with Crippen LogP contribution < -0.4 is 5.73 Å². The van der Waals surface area contributed by atoms with Gasteiger partial charge in [0.05, 0.1) is 4.92 Å². The van der Waals surface area contributed by atoms with E-state index in [0.29, 0.717) is 18.5 Å². The van der Waals surface area contributed by atoms with Crippen molar-refractivity contribution < 1.29 is 4.92 Å². The molecule has 0 fully saturated rings. The largest absolute Gasteiger partial charge is 0.330 e. The molecule has 0 heterocycles. The smallest absolute Gasteiger partial charge is 0.272 e. The number of nitrogens with zero attached hydrogens (tertiary/aromatic N) is 1. The van der Waals surface area contributed by atoms with Crippen molar-refractivity contribution in [1.29, 1.82) is 0 Å². The fourth-order valence-corrected chi connectivity index (χ4v) is 1.17. The van der Waals surface area contributed by atoms with Crippen LogP contribution in [0.1, 0.15) is 11.1 Å². The van der Waals surface area contributed by atoms with Gasteiger partial charge in [0.1, 0.15) is 0 Å². The predicted octanol–water partition coefficient (Wildman–Crippen LogP) is 1.83. The summed E-state index contributed by atoms with van der Waals surface area (Å²) in [4.78, 5) is 10.2. The van der Waals surface area contributed by atoms with Gasteiger partial charge >= 0.3 is 0 Å². The standard InChI is InChI=1S/C9H12N2O2.ClH/c1-7-2-3-8(4-5-10)6-9(7)11(12)13;/h2-3,6H,4-5,10H2,1H3;1H. The highest BCUT2D eigenvalue weighted by Gasteiger charge is 2.09. The van der Waals surface area contributed by atoms with Gasteiger partial charge in [-0.15, -0.1) is 12.4 Å². The highest BCUT2D eigenvalue weighted by molar-refractivity contribution is 5.85. The van der Waals surface area contributed by atoms with Crippen molar-refractivity contribution in [2.75, 3.05) is 6.54 Å². The fraction of sp³-hybridized carbons (Fsp3) is 0.333. The molecule has 2 N–H and O–H groups in total. The predicted molar refractivity (Wildman–Crippen MR) is 57.8 cm³/mol. The normalized spacial score (nSPS) is 9.29. The average Bonchev–Trinajstić information content (AvgIpc) is 2.08. The van der Waals surface area contributed by atoms with E-state index in [-0.39, 0.29) is 23.0 Å². The van der Waals surface area contributed by atoms with Gasteiger partial charge in [-0.25, -0.2) is 0 Å². The number of nitro benzene ring substituents is 1. The van der Waals surface area contributed by atoms with Gasteiger partial charge in [0.15, 0.2) is 0 Å². The molecule has 0 atom stereocenters. The summed E-state index contributed by atoms with van der Waals surface area (Å²) < 4.78 is 0. The zero-order chi connectivity index (χ0) is 9.84. The van der Waals surface area contributed by atoms with E-state index in [2.05, 4.69) is 0 Å². The molecule has 0 unspecified atom stereocenters. The molecule has 1 aromatic rings. The maximum atomic E-state index is 10.6. The second-order valence-corrected chi connectivity index (χ2v) is 2.92. The van der Waals surface area contributed by atoms with Gasteiger partial charge in [0.2, 0.25) is 0 Å². The first kappa shape index (κ1) is 12.9. The number of hydrogen-bond donors (Lipinski definition) is 1. The number of hydrogen-bond acceptors (Lipinski definition) is 3. The third-order valence-electron chi connectivity index (χ3n) is 1.90. The van der Waals surface area contributed by atoms with E-state index >= 15 is 0 Å². The van der Waals surface area contributed by atoms with Crippen LogP contribution in [0.15, 0.2) is 18.2 Å². The Morgan fingerprint density at radius 1 is 1.50 bits per heavy atom. The number of nitrogens with two attached hydrogens (primary N) is 1. The van der Waals surface area contributed by atoms with Gasteiger partial charge < -0.3 is 5.73 Å². The van der Waals surface area contributed by atoms with Crippen LogP contribution in [0.25, 0.3) is 0 Å². The molecule has 0 aliphatic carbocycles. The minimum Gasteiger partial charge on any atom is -0.330 e. The average molecular weight is 217 g/mol. The summed E-state index contributed by atoms with van der Waals surface area (Å²) in [6, 6.07) is 5.21. The molecule has 0 aliphatic rings. The zero-order valence-electron chi connectivity index (χ0n) is 7.90. The molecule has 0 saturated heterocycles. The summed E-state index contributed by atoms with van der Waals surface area (Å²) in [5.74, 6) is 0. The van der Waals surface area contributed by atoms with E-state index < -0.39 is 0 Å². The lowest BCUT2D eigenvalue weighted by atomic mass is 10.1. The summed E-state index contributed by atoms with van der Waals surface area (Å²) in [7, 11) is 0. The molecule has 0 spiro atoms. The summed E-state index contributed by atoms with van der Waals surface area (Å²) in [6.45, 7) is 2.24. The lowest BCUT2D eigenvalue weighted by Crippen LogP contribution is -2.03. The molecule has 14 heavy (non-hydrogen) atoms. The first-order valence-electron chi connectivity index (χ1n) is 4.09. The molecule has 0 radical (unpaired) electrons. The Bertz CT molecular complexity index is 329. The number of halogens is 1. The summed E-state index contributed by atoms with van der Waals surface area (Å²) in [5, 5.41) is 10.6. The number of nitro groups is 1. The third kappa shape index (κ3) is 2.97. The molecule has 4 nitrogen and oxygen atoms in total. The van der Waals surface area contributed by atoms with Crippen LogP contribution in [-0.2, 0) is 6.42 Å². The van der Waals surface area contributed by atoms with Gasteiger partial charge in [-0.2, -0.15) is 0 Å². The highest BCUT2D eigenvalue weighted by Crippen LogP contribution is 2.19. The van der Waals surface area contributed by atoms with E-state index in [1.54, 1.807) is 19.1 Å². The van der Waals surface area contributed by atoms with Crippen molar-refractivity contribution >= 4 is 18.1 Å². The lowest BCUT2D eigenvalue weighted by Gasteiger charge is -2.00. The molecule has 0 amide bonds. The van der Waals surface area contributed by atoms with Gasteiger partial charge in [-0.05, 0) is 25.5 Å². The molecule has 0 aromatic heterocycles. The van der Waals surface area contributed by atoms with E-state index in [4.69, 9.17) is 5.73 Å². The molecule has 0 bridgehead atoms. The number of benzene rings is 1. The summed E-state index contributed by atoms with van der Waals surface area (Å²) in [5.41, 5.74) is 7.13. The molecular formula is C9H13ClN2O2. The molecule has 1 rings (SSSR count). The number of rotatable bonds is 3. The van der Waals surface area contributed by atoms with E-state index in [0.717, 1.165) is 5.56 Å². The Morgan fingerprint density at radius 3 is 2.64 bits per heavy atom. The minimum absolute atomic E-state index is 0. The highest BCUT2D eigenvalue weighted by atomic mass is 35.5. The Balaban J connectivity index is 0.00000169. The zero-order valence-corrected chi connectivity index (χ0v) is 8.71. The SMILES string of the molecule is Cc1ccc(CCN)cc1[N+](=O)[O-].Cl. The Labute approximate surface area is 88.7 Å². The van der Waals surface area contributed by atoms with Crippen LogP contribution >= 0.6 is 12.4 Å². The van der Waals surface area contributed by atoms with Crippen LogP contribution in [0.5, 0.6) is 0 Å². The Hall–Kier alpha value is -1.13. The Kier molecular flexibility index (Phi) is 5.12. The van der Waals surface area contributed by atoms with Crippen LogP contribution in [0.4, 0.5) is 5.69 Å². The van der Waals surface area contributed by atoms with Crippen molar-refractivity contribution in [3.05, 3.63) is 39.4 Å². The molecule has 0 saturated carbocycles. The summed E-state index contributed by atoms with van der Waals surface area (Å²) >= 11 is 0. The maximum Gasteiger partial charge on any atom is 0.272 e. The van der Waals surface area contributed by atoms with Crippen LogP contribution in [0.2, 0.25) is 0 Å². The van der Waals surface area contributed by atoms with Crippen molar-refractivity contribution in [1.82, 2.24) is 0 Å². The molecular weight excluding hydrogens is 204 g/mol. The topological polar surface area (TPSA) is 69.2 Å². The van der Waals surface area contributed by atoms with E-state index in [9.17, 15) is 10.1 Å². The Morgan fingerprint density at radius 2 is 2.14 bits per heavy atom. The second kappa shape index (κ2) is 5.57. The molecule has 0 aliphatic heterocycles. The van der Waals surface area contributed by atoms with Crippen LogP contribution in [0, 0.1) is 17.0 Å².